The van der Waals surface area contributed by atoms with Crippen molar-refractivity contribution in [3.05, 3.63) is 108 Å². The molecule has 0 unspecified atom stereocenters. The van der Waals surface area contributed by atoms with Gasteiger partial charge in [-0.15, -0.1) is 0 Å². The van der Waals surface area contributed by atoms with Crippen molar-refractivity contribution in [2.24, 2.45) is 0 Å². The summed E-state index contributed by atoms with van der Waals surface area (Å²) in [5.41, 5.74) is 3.59. The highest BCUT2D eigenvalue weighted by Gasteiger charge is 2.55. The average molecular weight is 359 g/mol. The second-order valence-corrected chi connectivity index (χ2v) is 6.93. The van der Waals surface area contributed by atoms with Crippen LogP contribution in [-0.2, 0) is 14.9 Å². The van der Waals surface area contributed by atoms with Crippen LogP contribution in [0.4, 0.5) is 0 Å². The largest absolute Gasteiger partial charge is 0.359 e. The van der Waals surface area contributed by atoms with Crippen molar-refractivity contribution in [1.29, 1.82) is 0 Å². The standard InChI is InChI=1S/C24H25NO2/c1-26-18-27-17-22-23(25-22)24(19-11-5-2-6-12-19,20-13-7-3-8-14-20)21-15-9-4-10-16-21/h2-16,22-23,25H,17-18H2,1H3/t22-,23+/m1/s1. The predicted molar refractivity (Wildman–Crippen MR) is 108 cm³/mol. The summed E-state index contributed by atoms with van der Waals surface area (Å²) in [5, 5.41) is 3.68. The van der Waals surface area contributed by atoms with Crippen molar-refractivity contribution >= 4 is 0 Å². The van der Waals surface area contributed by atoms with E-state index in [9.17, 15) is 0 Å². The molecule has 0 spiro atoms. The third-order valence-corrected chi connectivity index (χ3v) is 5.34. The molecule has 0 radical (unpaired) electrons. The molecule has 27 heavy (non-hydrogen) atoms. The molecule has 0 aromatic heterocycles. The molecule has 1 heterocycles. The number of nitrogens with one attached hydrogen (secondary N) is 1. The Morgan fingerprint density at radius 2 is 1.19 bits per heavy atom. The van der Waals surface area contributed by atoms with Gasteiger partial charge in [-0.3, -0.25) is 0 Å². The number of hydrogen-bond acceptors (Lipinski definition) is 3. The Balaban J connectivity index is 1.84. The van der Waals surface area contributed by atoms with E-state index in [-0.39, 0.29) is 17.5 Å². The molecule has 0 saturated carbocycles. The molecule has 1 N–H and O–H groups in total. The molecule has 3 nitrogen and oxygen atoms in total. The zero-order valence-corrected chi connectivity index (χ0v) is 15.5. The molecule has 1 saturated heterocycles. The summed E-state index contributed by atoms with van der Waals surface area (Å²) in [5.74, 6) is 0. The molecule has 0 aliphatic carbocycles. The molecule has 3 heteroatoms. The first-order valence-corrected chi connectivity index (χ1v) is 9.36. The Labute approximate surface area is 161 Å². The Morgan fingerprint density at radius 1 is 0.741 bits per heavy atom. The first-order valence-electron chi connectivity index (χ1n) is 9.36. The van der Waals surface area contributed by atoms with Gasteiger partial charge in [0.1, 0.15) is 6.79 Å². The van der Waals surface area contributed by atoms with Gasteiger partial charge in [0.05, 0.1) is 12.0 Å². The monoisotopic (exact) mass is 359 g/mol. The number of rotatable bonds is 8. The zero-order chi connectivity index (χ0) is 18.5. The fourth-order valence-electron chi connectivity index (χ4n) is 4.15. The third kappa shape index (κ3) is 3.42. The van der Waals surface area contributed by atoms with Crippen LogP contribution in [0.3, 0.4) is 0 Å². The second kappa shape index (κ2) is 8.05. The van der Waals surface area contributed by atoms with Crippen LogP contribution in [0.25, 0.3) is 0 Å². The highest BCUT2D eigenvalue weighted by Crippen LogP contribution is 2.47. The van der Waals surface area contributed by atoms with Crippen LogP contribution in [0.2, 0.25) is 0 Å². The number of hydrogen-bond donors (Lipinski definition) is 1. The third-order valence-electron chi connectivity index (χ3n) is 5.34. The van der Waals surface area contributed by atoms with E-state index < -0.39 is 0 Å². The van der Waals surface area contributed by atoms with E-state index in [1.807, 2.05) is 0 Å². The molecular weight excluding hydrogens is 334 g/mol. The first-order chi connectivity index (χ1) is 13.4. The fraction of sp³-hybridized carbons (Fsp3) is 0.250. The lowest BCUT2D eigenvalue weighted by molar-refractivity contribution is -0.0301. The maximum Gasteiger partial charge on any atom is 0.146 e. The highest BCUT2D eigenvalue weighted by atomic mass is 16.7. The lowest BCUT2D eigenvalue weighted by Gasteiger charge is -2.36. The van der Waals surface area contributed by atoms with E-state index in [2.05, 4.69) is 96.3 Å². The Morgan fingerprint density at radius 3 is 1.59 bits per heavy atom. The summed E-state index contributed by atoms with van der Waals surface area (Å²) in [6.07, 6.45) is 0. The number of ether oxygens (including phenoxy) is 2. The van der Waals surface area contributed by atoms with Crippen LogP contribution >= 0.6 is 0 Å². The normalized spacial score (nSPS) is 19.0. The van der Waals surface area contributed by atoms with E-state index in [1.54, 1.807) is 7.11 Å². The summed E-state index contributed by atoms with van der Waals surface area (Å²) in [7, 11) is 1.65. The predicted octanol–water partition coefficient (Wildman–Crippen LogP) is 3.98. The molecule has 0 amide bonds. The van der Waals surface area contributed by atoms with Crippen molar-refractivity contribution in [3.63, 3.8) is 0 Å². The zero-order valence-electron chi connectivity index (χ0n) is 15.5. The minimum Gasteiger partial charge on any atom is -0.359 e. The van der Waals surface area contributed by atoms with Crippen LogP contribution in [0.1, 0.15) is 16.7 Å². The molecule has 1 aliphatic rings. The summed E-state index contributed by atoms with van der Waals surface area (Å²) in [4.78, 5) is 0. The first kappa shape index (κ1) is 17.9. The van der Waals surface area contributed by atoms with E-state index in [4.69, 9.17) is 9.47 Å². The maximum atomic E-state index is 5.66. The van der Waals surface area contributed by atoms with E-state index in [1.165, 1.54) is 16.7 Å². The van der Waals surface area contributed by atoms with Gasteiger partial charge >= 0.3 is 0 Å². The van der Waals surface area contributed by atoms with Crippen LogP contribution in [-0.4, -0.2) is 32.6 Å². The van der Waals surface area contributed by atoms with Crippen molar-refractivity contribution in [2.75, 3.05) is 20.5 Å². The lowest BCUT2D eigenvalue weighted by Crippen LogP contribution is -2.38. The Kier molecular flexibility index (Phi) is 5.35. The molecule has 4 rings (SSSR count). The molecule has 1 aliphatic heterocycles. The van der Waals surface area contributed by atoms with Crippen molar-refractivity contribution in [3.8, 4) is 0 Å². The van der Waals surface area contributed by atoms with Gasteiger partial charge in [0, 0.05) is 19.2 Å². The molecular formula is C24H25NO2. The van der Waals surface area contributed by atoms with Crippen molar-refractivity contribution < 1.29 is 9.47 Å². The summed E-state index contributed by atoms with van der Waals surface area (Å²) in [6, 6.07) is 32.8. The number of methoxy groups -OCH3 is 1. The molecule has 2 atom stereocenters. The minimum atomic E-state index is -0.273. The van der Waals surface area contributed by atoms with Gasteiger partial charge in [0.25, 0.3) is 0 Å². The van der Waals surface area contributed by atoms with Gasteiger partial charge in [-0.2, -0.15) is 0 Å². The average Bonchev–Trinajstić information content (AvgIpc) is 3.51. The molecule has 3 aromatic rings. The second-order valence-electron chi connectivity index (χ2n) is 6.93. The van der Waals surface area contributed by atoms with Crippen molar-refractivity contribution in [2.45, 2.75) is 17.5 Å². The molecule has 1 fully saturated rings. The molecule has 138 valence electrons. The lowest BCUT2D eigenvalue weighted by atomic mass is 9.66. The summed E-state index contributed by atoms with van der Waals surface area (Å²) >= 11 is 0. The van der Waals surface area contributed by atoms with E-state index in [0.29, 0.717) is 13.4 Å². The molecule has 3 aromatic carbocycles. The summed E-state index contributed by atoms with van der Waals surface area (Å²) < 4.78 is 10.7. The van der Waals surface area contributed by atoms with Crippen molar-refractivity contribution in [1.82, 2.24) is 5.32 Å². The Hall–Kier alpha value is -2.46. The number of benzene rings is 3. The van der Waals surface area contributed by atoms with E-state index >= 15 is 0 Å². The van der Waals surface area contributed by atoms with Gasteiger partial charge in [0.2, 0.25) is 0 Å². The van der Waals surface area contributed by atoms with Gasteiger partial charge in [-0.1, -0.05) is 91.0 Å². The smallest absolute Gasteiger partial charge is 0.146 e. The highest BCUT2D eigenvalue weighted by molar-refractivity contribution is 5.55. The van der Waals surface area contributed by atoms with Gasteiger partial charge in [-0.05, 0) is 16.7 Å². The SMILES string of the molecule is COCOC[C@H]1N[C@@H]1C(c1ccccc1)(c1ccccc1)c1ccccc1. The molecule has 0 bridgehead atoms. The fourth-order valence-corrected chi connectivity index (χ4v) is 4.15. The Bertz CT molecular complexity index is 739. The van der Waals surface area contributed by atoms with Gasteiger partial charge < -0.3 is 14.8 Å². The van der Waals surface area contributed by atoms with Gasteiger partial charge in [0.15, 0.2) is 0 Å². The quantitative estimate of drug-likeness (QED) is 0.286. The van der Waals surface area contributed by atoms with Crippen LogP contribution in [0.15, 0.2) is 91.0 Å². The van der Waals surface area contributed by atoms with E-state index in [0.717, 1.165) is 0 Å². The summed E-state index contributed by atoms with van der Waals surface area (Å²) in [6.45, 7) is 0.951. The minimum absolute atomic E-state index is 0.251. The van der Waals surface area contributed by atoms with Crippen LogP contribution in [0, 0.1) is 0 Å². The maximum absolute atomic E-state index is 5.66. The van der Waals surface area contributed by atoms with Crippen LogP contribution in [0.5, 0.6) is 0 Å². The van der Waals surface area contributed by atoms with Gasteiger partial charge in [-0.25, -0.2) is 0 Å². The van der Waals surface area contributed by atoms with Crippen LogP contribution < -0.4 is 5.32 Å². The topological polar surface area (TPSA) is 40.4 Å².